The summed E-state index contributed by atoms with van der Waals surface area (Å²) in [5, 5.41) is 6.25. The lowest BCUT2D eigenvalue weighted by molar-refractivity contribution is 0.0718. The van der Waals surface area contributed by atoms with E-state index in [1.165, 1.54) is 0 Å². The Bertz CT molecular complexity index is 1010. The van der Waals surface area contributed by atoms with Crippen LogP contribution in [-0.4, -0.2) is 36.2 Å². The average molecular weight is 359 g/mol. The van der Waals surface area contributed by atoms with Crippen LogP contribution in [0.2, 0.25) is 0 Å². The zero-order valence-electron chi connectivity index (χ0n) is 15.2. The number of hydrogen-bond donors (Lipinski definition) is 0. The van der Waals surface area contributed by atoms with Crippen molar-refractivity contribution in [1.82, 2.24) is 10.0 Å². The van der Waals surface area contributed by atoms with Crippen molar-refractivity contribution < 1.29 is 9.53 Å². The predicted octanol–water partition coefficient (Wildman–Crippen LogP) is 4.41. The number of nitrogens with zero attached hydrogens (tertiary/aromatic N) is 3. The molecule has 5 heteroatoms. The van der Waals surface area contributed by atoms with Crippen molar-refractivity contribution in [2.75, 3.05) is 25.1 Å². The van der Waals surface area contributed by atoms with Crippen LogP contribution >= 0.6 is 0 Å². The third-order valence-electron chi connectivity index (χ3n) is 5.46. The van der Waals surface area contributed by atoms with Crippen molar-refractivity contribution in [1.29, 1.82) is 0 Å². The van der Waals surface area contributed by atoms with E-state index in [2.05, 4.69) is 29.3 Å². The minimum Gasteiger partial charge on any atom is -0.496 e. The van der Waals surface area contributed by atoms with Crippen molar-refractivity contribution in [2.45, 2.75) is 12.6 Å². The van der Waals surface area contributed by atoms with Gasteiger partial charge in [0.05, 0.1) is 12.8 Å². The highest BCUT2D eigenvalue weighted by molar-refractivity contribution is 6.04. The molecule has 27 heavy (non-hydrogen) atoms. The van der Waals surface area contributed by atoms with Gasteiger partial charge in [0.1, 0.15) is 11.9 Å². The lowest BCUT2D eigenvalue weighted by atomic mass is 10.1. The third kappa shape index (κ3) is 2.39. The zero-order valence-corrected chi connectivity index (χ0v) is 15.2. The number of carbonyl (C=O) groups is 1. The van der Waals surface area contributed by atoms with Crippen molar-refractivity contribution in [3.05, 3.63) is 72.3 Å². The molecule has 5 nitrogen and oxygen atoms in total. The second-order valence-electron chi connectivity index (χ2n) is 6.91. The molecular formula is C22H21N3O2. The molecule has 0 bridgehead atoms. The highest BCUT2D eigenvalue weighted by Gasteiger charge is 2.48. The molecule has 1 atom stereocenters. The van der Waals surface area contributed by atoms with E-state index in [0.717, 1.165) is 47.3 Å². The maximum atomic E-state index is 13.4. The molecule has 2 aliphatic rings. The van der Waals surface area contributed by atoms with Gasteiger partial charge in [-0.1, -0.05) is 54.6 Å². The first-order chi connectivity index (χ1) is 13.3. The molecule has 0 aromatic heterocycles. The normalized spacial score (nSPS) is 19.7. The number of hydrogen-bond acceptors (Lipinski definition) is 3. The van der Waals surface area contributed by atoms with Crippen LogP contribution in [0, 0.1) is 0 Å². The molecule has 2 heterocycles. The first kappa shape index (κ1) is 16.1. The maximum Gasteiger partial charge on any atom is 0.340 e. The molecule has 2 amide bonds. The summed E-state index contributed by atoms with van der Waals surface area (Å²) in [6, 6.07) is 22.3. The van der Waals surface area contributed by atoms with E-state index in [0.29, 0.717) is 0 Å². The number of para-hydroxylation sites is 1. The average Bonchev–Trinajstić information content (AvgIpc) is 3.30. The topological polar surface area (TPSA) is 36.0 Å². The van der Waals surface area contributed by atoms with Gasteiger partial charge >= 0.3 is 6.03 Å². The first-order valence-electron chi connectivity index (χ1n) is 9.27. The van der Waals surface area contributed by atoms with Gasteiger partial charge in [-0.15, -0.1) is 0 Å². The number of hydrazine groups is 1. The minimum atomic E-state index is -0.207. The molecule has 5 rings (SSSR count). The van der Waals surface area contributed by atoms with Gasteiger partial charge in [-0.25, -0.2) is 4.79 Å². The van der Waals surface area contributed by atoms with Crippen LogP contribution in [0.15, 0.2) is 66.7 Å². The standard InChI is InChI=1S/C22H21N3O2/c1-27-20-13-5-4-11-18(20)21-23-14-7-15-24(23)22(26)25(21)19-12-6-9-16-8-2-3-10-17(16)19/h2-6,8-13,21H,7,14-15H2,1H3/t21-/m1/s1. The lowest BCUT2D eigenvalue weighted by Gasteiger charge is -2.29. The Hall–Kier alpha value is -3.05. The molecular weight excluding hydrogens is 338 g/mol. The smallest absolute Gasteiger partial charge is 0.340 e. The molecule has 0 unspecified atom stereocenters. The zero-order chi connectivity index (χ0) is 18.4. The van der Waals surface area contributed by atoms with Gasteiger partial charge in [-0.3, -0.25) is 9.91 Å². The summed E-state index contributed by atoms with van der Waals surface area (Å²) in [7, 11) is 1.68. The molecule has 3 aromatic carbocycles. The van der Waals surface area contributed by atoms with Crippen LogP contribution in [0.3, 0.4) is 0 Å². The second kappa shape index (κ2) is 6.28. The minimum absolute atomic E-state index is 0.0276. The van der Waals surface area contributed by atoms with Crippen LogP contribution in [-0.2, 0) is 0 Å². The molecule has 0 aliphatic carbocycles. The molecule has 0 saturated carbocycles. The number of urea groups is 1. The number of fused-ring (bicyclic) bond motifs is 2. The molecule has 2 fully saturated rings. The van der Waals surface area contributed by atoms with Gasteiger partial charge in [0.25, 0.3) is 0 Å². The SMILES string of the molecule is COc1ccccc1[C@H]1N(c2cccc3ccccc23)C(=O)N2CCCN12. The predicted molar refractivity (Wildman–Crippen MR) is 106 cm³/mol. The summed E-state index contributed by atoms with van der Waals surface area (Å²) in [4.78, 5) is 15.3. The van der Waals surface area contributed by atoms with E-state index in [1.54, 1.807) is 7.11 Å². The Labute approximate surface area is 158 Å². The van der Waals surface area contributed by atoms with Crippen LogP contribution < -0.4 is 9.64 Å². The van der Waals surface area contributed by atoms with Crippen molar-refractivity contribution in [3.63, 3.8) is 0 Å². The second-order valence-corrected chi connectivity index (χ2v) is 6.91. The van der Waals surface area contributed by atoms with Gasteiger partial charge in [-0.05, 0) is 23.9 Å². The largest absolute Gasteiger partial charge is 0.496 e. The number of carbonyl (C=O) groups excluding carboxylic acids is 1. The van der Waals surface area contributed by atoms with Crippen LogP contribution in [0.5, 0.6) is 5.75 Å². The van der Waals surface area contributed by atoms with E-state index >= 15 is 0 Å². The van der Waals surface area contributed by atoms with Gasteiger partial charge in [0.2, 0.25) is 0 Å². The Morgan fingerprint density at radius 3 is 2.59 bits per heavy atom. The number of methoxy groups -OCH3 is 1. The molecule has 0 spiro atoms. The summed E-state index contributed by atoms with van der Waals surface area (Å²) in [5.41, 5.74) is 1.94. The van der Waals surface area contributed by atoms with Crippen molar-refractivity contribution in [3.8, 4) is 5.75 Å². The quantitative estimate of drug-likeness (QED) is 0.695. The summed E-state index contributed by atoms with van der Waals surface area (Å²) in [5.74, 6) is 0.800. The highest BCUT2D eigenvalue weighted by atomic mass is 16.5. The van der Waals surface area contributed by atoms with E-state index < -0.39 is 0 Å². The van der Waals surface area contributed by atoms with Crippen molar-refractivity contribution >= 4 is 22.5 Å². The lowest BCUT2D eigenvalue weighted by Crippen LogP contribution is -2.32. The van der Waals surface area contributed by atoms with Crippen LogP contribution in [0.1, 0.15) is 18.2 Å². The Morgan fingerprint density at radius 1 is 0.926 bits per heavy atom. The third-order valence-corrected chi connectivity index (χ3v) is 5.46. The van der Waals surface area contributed by atoms with E-state index in [1.807, 2.05) is 52.4 Å². The fraction of sp³-hybridized carbons (Fsp3) is 0.227. The Balaban J connectivity index is 1.72. The molecule has 136 valence electrons. The number of amides is 2. The van der Waals surface area contributed by atoms with E-state index in [4.69, 9.17) is 4.74 Å². The summed E-state index contributed by atoms with van der Waals surface area (Å²) < 4.78 is 5.63. The van der Waals surface area contributed by atoms with Crippen molar-refractivity contribution in [2.24, 2.45) is 0 Å². The van der Waals surface area contributed by atoms with Gasteiger partial charge in [-0.2, -0.15) is 5.01 Å². The first-order valence-corrected chi connectivity index (χ1v) is 9.27. The van der Waals surface area contributed by atoms with Crippen LogP contribution in [0.4, 0.5) is 10.5 Å². The summed E-state index contributed by atoms with van der Waals surface area (Å²) in [6.07, 6.45) is 0.780. The molecule has 0 N–H and O–H groups in total. The van der Waals surface area contributed by atoms with Gasteiger partial charge in [0.15, 0.2) is 0 Å². The van der Waals surface area contributed by atoms with Gasteiger partial charge in [0, 0.05) is 24.0 Å². The Kier molecular flexibility index (Phi) is 3.76. The van der Waals surface area contributed by atoms with Crippen LogP contribution in [0.25, 0.3) is 10.8 Å². The fourth-order valence-corrected chi connectivity index (χ4v) is 4.29. The Morgan fingerprint density at radius 2 is 1.70 bits per heavy atom. The number of benzene rings is 3. The van der Waals surface area contributed by atoms with E-state index in [-0.39, 0.29) is 12.2 Å². The number of rotatable bonds is 3. The molecule has 3 aromatic rings. The number of ether oxygens (including phenoxy) is 1. The molecule has 2 aliphatic heterocycles. The summed E-state index contributed by atoms with van der Waals surface area (Å²) in [6.45, 7) is 1.61. The summed E-state index contributed by atoms with van der Waals surface area (Å²) >= 11 is 0. The highest BCUT2D eigenvalue weighted by Crippen LogP contribution is 2.44. The van der Waals surface area contributed by atoms with Gasteiger partial charge < -0.3 is 4.74 Å². The number of anilines is 1. The maximum absolute atomic E-state index is 13.4. The molecule has 2 saturated heterocycles. The monoisotopic (exact) mass is 359 g/mol. The fourth-order valence-electron chi connectivity index (χ4n) is 4.29. The van der Waals surface area contributed by atoms with E-state index in [9.17, 15) is 4.79 Å². The molecule has 0 radical (unpaired) electrons.